The van der Waals surface area contributed by atoms with Gasteiger partial charge in [-0.2, -0.15) is 5.10 Å². The lowest BCUT2D eigenvalue weighted by atomic mass is 9.99. The Kier molecular flexibility index (Phi) is 7.16. The molecule has 10 heteroatoms. The molecule has 1 fully saturated rings. The summed E-state index contributed by atoms with van der Waals surface area (Å²) in [4.78, 5) is 32.3. The van der Waals surface area contributed by atoms with Crippen LogP contribution in [0.15, 0.2) is 29.1 Å². The second-order valence-corrected chi connectivity index (χ2v) is 8.12. The van der Waals surface area contributed by atoms with E-state index in [0.29, 0.717) is 41.8 Å². The molecule has 0 N–H and O–H groups in total. The summed E-state index contributed by atoms with van der Waals surface area (Å²) in [7, 11) is 1.82. The lowest BCUT2D eigenvalue weighted by Crippen LogP contribution is -2.46. The molecule has 4 rings (SSSR count). The van der Waals surface area contributed by atoms with Gasteiger partial charge in [-0.25, -0.2) is 9.59 Å². The Hall–Kier alpha value is -3.40. The molecule has 0 aliphatic carbocycles. The first kappa shape index (κ1) is 23.7. The Bertz CT molecular complexity index is 1170. The Morgan fingerprint density at radius 3 is 2.68 bits per heavy atom. The quantitative estimate of drug-likeness (QED) is 0.470. The molecule has 0 saturated carbocycles. The first-order valence-corrected chi connectivity index (χ1v) is 11.6. The highest BCUT2D eigenvalue weighted by Gasteiger charge is 2.37. The number of esters is 1. The number of aromatic nitrogens is 3. The zero-order valence-corrected chi connectivity index (χ0v) is 19.9. The molecule has 0 spiro atoms. The van der Waals surface area contributed by atoms with Crippen LogP contribution in [0.3, 0.4) is 0 Å². The predicted molar refractivity (Wildman–Crippen MR) is 125 cm³/mol. The number of hydrogen-bond donors (Lipinski definition) is 0. The van der Waals surface area contributed by atoms with Gasteiger partial charge in [0.1, 0.15) is 5.69 Å². The van der Waals surface area contributed by atoms with Crippen molar-refractivity contribution in [2.45, 2.75) is 52.2 Å². The Morgan fingerprint density at radius 1 is 1.21 bits per heavy atom. The lowest BCUT2D eigenvalue weighted by molar-refractivity contribution is 0.00465. The van der Waals surface area contributed by atoms with Gasteiger partial charge in [-0.15, -0.1) is 0 Å². The van der Waals surface area contributed by atoms with Crippen LogP contribution in [0.4, 0.5) is 10.5 Å². The normalized spacial score (nSPS) is 18.1. The summed E-state index contributed by atoms with van der Waals surface area (Å²) in [6, 6.07) is 1.57. The van der Waals surface area contributed by atoms with Crippen LogP contribution in [0.2, 0.25) is 0 Å². The fourth-order valence-electron chi connectivity index (χ4n) is 4.27. The molecule has 1 aliphatic rings. The number of fused-ring (bicyclic) bond motifs is 1. The van der Waals surface area contributed by atoms with Crippen molar-refractivity contribution in [3.8, 4) is 11.3 Å². The minimum absolute atomic E-state index is 0.00695. The van der Waals surface area contributed by atoms with Gasteiger partial charge in [-0.3, -0.25) is 14.6 Å². The fourth-order valence-corrected chi connectivity index (χ4v) is 4.27. The molecule has 3 aromatic rings. The van der Waals surface area contributed by atoms with E-state index in [9.17, 15) is 9.59 Å². The third-order valence-corrected chi connectivity index (χ3v) is 5.88. The minimum Gasteiger partial charge on any atom is -0.460 e. The molecule has 0 radical (unpaired) electrons. The van der Waals surface area contributed by atoms with E-state index in [2.05, 4.69) is 10.1 Å². The van der Waals surface area contributed by atoms with Crippen LogP contribution in [0.25, 0.3) is 22.2 Å². The molecule has 1 saturated heterocycles. The standard InChI is InChI=1S/C24H30N4O6/c1-5-17-10-16(8-9-33-17)28(24(30)32-7-3)21-18-11-19(15-12-26-27(4)14-15)25-13-20(18)34-22(21)23(29)31-6-2/h11-14,16-17H,5-10H2,1-4H3. The van der Waals surface area contributed by atoms with E-state index >= 15 is 0 Å². The maximum absolute atomic E-state index is 13.3. The maximum atomic E-state index is 13.3. The van der Waals surface area contributed by atoms with Gasteiger partial charge in [0.2, 0.25) is 5.76 Å². The smallest absolute Gasteiger partial charge is 0.414 e. The number of nitrogens with zero attached hydrogens (tertiary/aromatic N) is 4. The number of rotatable bonds is 7. The summed E-state index contributed by atoms with van der Waals surface area (Å²) < 4.78 is 24.1. The third kappa shape index (κ3) is 4.63. The summed E-state index contributed by atoms with van der Waals surface area (Å²) in [5.41, 5.74) is 2.15. The van der Waals surface area contributed by atoms with E-state index in [1.807, 2.05) is 20.2 Å². The molecule has 2 atom stereocenters. The van der Waals surface area contributed by atoms with E-state index in [1.54, 1.807) is 41.9 Å². The van der Waals surface area contributed by atoms with Gasteiger partial charge in [0.25, 0.3) is 0 Å². The van der Waals surface area contributed by atoms with Crippen LogP contribution in [0.5, 0.6) is 0 Å². The van der Waals surface area contributed by atoms with Crippen molar-refractivity contribution in [3.05, 3.63) is 30.4 Å². The second kappa shape index (κ2) is 10.3. The van der Waals surface area contributed by atoms with Gasteiger partial charge in [0, 0.05) is 36.8 Å². The first-order chi connectivity index (χ1) is 16.5. The molecule has 182 valence electrons. The molecule has 34 heavy (non-hydrogen) atoms. The molecule has 2 unspecified atom stereocenters. The Morgan fingerprint density at radius 2 is 2.00 bits per heavy atom. The molecule has 0 aromatic carbocycles. The number of pyridine rings is 1. The van der Waals surface area contributed by atoms with Crippen LogP contribution in [0.1, 0.15) is 50.6 Å². The van der Waals surface area contributed by atoms with Crippen LogP contribution >= 0.6 is 0 Å². The summed E-state index contributed by atoms with van der Waals surface area (Å²) in [5.74, 6) is -0.695. The van der Waals surface area contributed by atoms with E-state index in [0.717, 1.165) is 12.0 Å². The van der Waals surface area contributed by atoms with Crippen LogP contribution < -0.4 is 4.90 Å². The number of carbonyl (C=O) groups is 2. The van der Waals surface area contributed by atoms with Gasteiger partial charge in [-0.1, -0.05) is 6.92 Å². The highest BCUT2D eigenvalue weighted by atomic mass is 16.6. The molecular formula is C24H30N4O6. The zero-order chi connectivity index (χ0) is 24.2. The average molecular weight is 471 g/mol. The highest BCUT2D eigenvalue weighted by molar-refractivity contribution is 6.10. The second-order valence-electron chi connectivity index (χ2n) is 8.12. The molecule has 0 bridgehead atoms. The number of aryl methyl sites for hydroxylation is 1. The molecule has 3 aromatic heterocycles. The van der Waals surface area contributed by atoms with Crippen molar-refractivity contribution in [2.24, 2.45) is 7.05 Å². The average Bonchev–Trinajstić information content (AvgIpc) is 3.43. The predicted octanol–water partition coefficient (Wildman–Crippen LogP) is 4.33. The van der Waals surface area contributed by atoms with Crippen molar-refractivity contribution in [1.29, 1.82) is 0 Å². The molecule has 1 amide bonds. The monoisotopic (exact) mass is 470 g/mol. The summed E-state index contributed by atoms with van der Waals surface area (Å²) >= 11 is 0. The van der Waals surface area contributed by atoms with Crippen LogP contribution in [0, 0.1) is 0 Å². The van der Waals surface area contributed by atoms with Gasteiger partial charge >= 0.3 is 12.1 Å². The van der Waals surface area contributed by atoms with Gasteiger partial charge in [0.15, 0.2) is 5.58 Å². The largest absolute Gasteiger partial charge is 0.460 e. The topological polar surface area (TPSA) is 109 Å². The molecule has 1 aliphatic heterocycles. The minimum atomic E-state index is -0.648. The zero-order valence-electron chi connectivity index (χ0n) is 19.9. The Labute approximate surface area is 197 Å². The van der Waals surface area contributed by atoms with Crippen molar-refractivity contribution in [3.63, 3.8) is 0 Å². The number of carbonyl (C=O) groups excluding carboxylic acids is 2. The van der Waals surface area contributed by atoms with E-state index in [4.69, 9.17) is 18.6 Å². The van der Waals surface area contributed by atoms with Gasteiger partial charge < -0.3 is 18.6 Å². The SMILES string of the molecule is CCOC(=O)c1oc2cnc(-c3cnn(C)c3)cc2c1N(C(=O)OCC)C1CCOC(CC)C1. The number of furan rings is 1. The number of hydrogen-bond acceptors (Lipinski definition) is 8. The van der Waals surface area contributed by atoms with E-state index < -0.39 is 12.1 Å². The number of anilines is 1. The number of amides is 1. The van der Waals surface area contributed by atoms with Crippen molar-refractivity contribution in [1.82, 2.24) is 14.8 Å². The summed E-state index contributed by atoms with van der Waals surface area (Å²) in [5, 5.41) is 4.79. The molecule has 10 nitrogen and oxygen atoms in total. The number of ether oxygens (including phenoxy) is 3. The van der Waals surface area contributed by atoms with E-state index in [-0.39, 0.29) is 31.1 Å². The molecular weight excluding hydrogens is 440 g/mol. The fraction of sp³-hybridized carbons (Fsp3) is 0.500. The maximum Gasteiger partial charge on any atom is 0.414 e. The van der Waals surface area contributed by atoms with Crippen molar-refractivity contribution in [2.75, 3.05) is 24.7 Å². The third-order valence-electron chi connectivity index (χ3n) is 5.88. The lowest BCUT2D eigenvalue weighted by Gasteiger charge is -2.36. The van der Waals surface area contributed by atoms with Crippen LogP contribution in [-0.2, 0) is 21.3 Å². The Balaban J connectivity index is 1.90. The summed E-state index contributed by atoms with van der Waals surface area (Å²) in [6.45, 7) is 6.39. The van der Waals surface area contributed by atoms with Crippen molar-refractivity contribution >= 4 is 28.7 Å². The highest BCUT2D eigenvalue weighted by Crippen LogP contribution is 2.39. The van der Waals surface area contributed by atoms with E-state index in [1.165, 1.54) is 0 Å². The first-order valence-electron chi connectivity index (χ1n) is 11.6. The molecule has 4 heterocycles. The summed E-state index contributed by atoms with van der Waals surface area (Å²) in [6.07, 6.45) is 6.59. The van der Waals surface area contributed by atoms with Gasteiger partial charge in [-0.05, 0) is 39.2 Å². The van der Waals surface area contributed by atoms with Crippen molar-refractivity contribution < 1.29 is 28.2 Å². The van der Waals surface area contributed by atoms with Crippen LogP contribution in [-0.4, -0.2) is 58.8 Å². The van der Waals surface area contributed by atoms with Gasteiger partial charge in [0.05, 0.1) is 37.4 Å².